The van der Waals surface area contributed by atoms with Crippen LogP contribution in [0.3, 0.4) is 0 Å². The van der Waals surface area contributed by atoms with E-state index in [4.69, 9.17) is 4.74 Å². The molecule has 1 aromatic rings. The van der Waals surface area contributed by atoms with Gasteiger partial charge in [0, 0.05) is 32.2 Å². The second-order valence-electron chi connectivity index (χ2n) is 5.80. The van der Waals surface area contributed by atoms with Crippen LogP contribution in [0, 0.1) is 5.82 Å². The van der Waals surface area contributed by atoms with Crippen LogP contribution >= 0.6 is 0 Å². The molecule has 2 amide bonds. The van der Waals surface area contributed by atoms with Crippen LogP contribution in [0.2, 0.25) is 0 Å². The molecule has 5 nitrogen and oxygen atoms in total. The van der Waals surface area contributed by atoms with E-state index in [9.17, 15) is 9.18 Å². The second kappa shape index (κ2) is 6.96. The topological polar surface area (TPSA) is 44.8 Å². The van der Waals surface area contributed by atoms with E-state index in [1.54, 1.807) is 18.2 Å². The summed E-state index contributed by atoms with van der Waals surface area (Å²) in [6.07, 6.45) is 2.13. The van der Waals surface area contributed by atoms with Crippen molar-refractivity contribution in [3.05, 3.63) is 30.1 Å². The van der Waals surface area contributed by atoms with Gasteiger partial charge in [-0.15, -0.1) is 0 Å². The number of likely N-dealkylation sites (tertiary alicyclic amines) is 1. The highest BCUT2D eigenvalue weighted by molar-refractivity contribution is 5.76. The molecule has 0 bridgehead atoms. The van der Waals surface area contributed by atoms with Crippen molar-refractivity contribution in [3.8, 4) is 5.75 Å². The van der Waals surface area contributed by atoms with Crippen molar-refractivity contribution in [2.75, 3.05) is 39.3 Å². The molecular weight excluding hydrogens is 285 g/mol. The second-order valence-corrected chi connectivity index (χ2v) is 5.80. The summed E-state index contributed by atoms with van der Waals surface area (Å²) in [5.74, 6) is -0.0252. The zero-order valence-electron chi connectivity index (χ0n) is 12.6. The molecule has 1 N–H and O–H groups in total. The van der Waals surface area contributed by atoms with E-state index in [-0.39, 0.29) is 17.9 Å². The highest BCUT2D eigenvalue weighted by atomic mass is 19.1. The van der Waals surface area contributed by atoms with E-state index in [1.165, 1.54) is 6.07 Å². The predicted octanol–water partition coefficient (Wildman–Crippen LogP) is 1.69. The maximum Gasteiger partial charge on any atom is 0.317 e. The molecule has 6 heteroatoms. The lowest BCUT2D eigenvalue weighted by atomic mass is 10.0. The quantitative estimate of drug-likeness (QED) is 0.900. The number of urea groups is 1. The minimum absolute atomic E-state index is 0.0504. The number of benzene rings is 1. The first-order valence-electron chi connectivity index (χ1n) is 7.88. The van der Waals surface area contributed by atoms with Crippen LogP contribution in [0.5, 0.6) is 5.75 Å². The smallest absolute Gasteiger partial charge is 0.317 e. The maximum atomic E-state index is 13.5. The van der Waals surface area contributed by atoms with Gasteiger partial charge in [-0.1, -0.05) is 12.1 Å². The van der Waals surface area contributed by atoms with Crippen molar-refractivity contribution in [1.82, 2.24) is 15.1 Å². The Balaban J connectivity index is 1.46. The highest BCUT2D eigenvalue weighted by Gasteiger charge is 2.31. The van der Waals surface area contributed by atoms with Crippen molar-refractivity contribution in [1.29, 1.82) is 0 Å². The average molecular weight is 307 g/mol. The summed E-state index contributed by atoms with van der Waals surface area (Å²) in [6.45, 7) is 4.62. The number of ether oxygens (including phenoxy) is 1. The third-order valence-electron chi connectivity index (χ3n) is 4.31. The molecule has 2 aliphatic rings. The Kier molecular flexibility index (Phi) is 4.77. The zero-order valence-corrected chi connectivity index (χ0v) is 12.6. The van der Waals surface area contributed by atoms with Crippen molar-refractivity contribution < 1.29 is 13.9 Å². The van der Waals surface area contributed by atoms with Gasteiger partial charge in [0.2, 0.25) is 0 Å². The number of para-hydroxylation sites is 1. The molecule has 120 valence electrons. The molecule has 2 aliphatic heterocycles. The molecule has 0 radical (unpaired) electrons. The van der Waals surface area contributed by atoms with E-state index in [0.717, 1.165) is 45.6 Å². The lowest BCUT2D eigenvalue weighted by Gasteiger charge is -2.36. The number of amides is 2. The number of rotatable bonds is 5. The molecule has 0 aliphatic carbocycles. The standard InChI is InChI=1S/C16H22FN3O2/c17-14-5-1-2-6-15(14)22-11-10-19-8-3-4-13(12-19)20-9-7-18-16(20)21/h1-2,5-6,13H,3-4,7-12H2,(H,18,21). The van der Waals surface area contributed by atoms with E-state index in [2.05, 4.69) is 10.2 Å². The van der Waals surface area contributed by atoms with Crippen LogP contribution < -0.4 is 10.1 Å². The summed E-state index contributed by atoms with van der Waals surface area (Å²) in [6, 6.07) is 6.79. The Hall–Kier alpha value is -1.82. The Bertz CT molecular complexity index is 526. The molecule has 1 aromatic carbocycles. The summed E-state index contributed by atoms with van der Waals surface area (Å²) in [5.41, 5.74) is 0. The van der Waals surface area contributed by atoms with E-state index in [0.29, 0.717) is 12.4 Å². The summed E-state index contributed by atoms with van der Waals surface area (Å²) in [7, 11) is 0. The third kappa shape index (κ3) is 3.50. The number of carbonyl (C=O) groups is 1. The number of nitrogens with one attached hydrogen (secondary N) is 1. The van der Waals surface area contributed by atoms with Gasteiger partial charge in [0.25, 0.3) is 0 Å². The van der Waals surface area contributed by atoms with Crippen LogP contribution in [-0.4, -0.2) is 61.2 Å². The average Bonchev–Trinajstić information content (AvgIpc) is 2.96. The zero-order chi connectivity index (χ0) is 15.4. The van der Waals surface area contributed by atoms with Gasteiger partial charge in [0.05, 0.1) is 0 Å². The fraction of sp³-hybridized carbons (Fsp3) is 0.562. The molecule has 2 heterocycles. The van der Waals surface area contributed by atoms with Crippen LogP contribution in [0.25, 0.3) is 0 Å². The first kappa shape index (κ1) is 15.1. The Morgan fingerprint density at radius 1 is 1.32 bits per heavy atom. The third-order valence-corrected chi connectivity index (χ3v) is 4.31. The molecule has 22 heavy (non-hydrogen) atoms. The van der Waals surface area contributed by atoms with Gasteiger partial charge in [-0.05, 0) is 31.5 Å². The van der Waals surface area contributed by atoms with Crippen LogP contribution in [-0.2, 0) is 0 Å². The van der Waals surface area contributed by atoms with Gasteiger partial charge in [-0.2, -0.15) is 0 Å². The molecule has 2 fully saturated rings. The molecule has 0 saturated carbocycles. The number of nitrogens with zero attached hydrogens (tertiary/aromatic N) is 2. The van der Waals surface area contributed by atoms with Crippen molar-refractivity contribution in [2.24, 2.45) is 0 Å². The summed E-state index contributed by atoms with van der Waals surface area (Å²) >= 11 is 0. The molecule has 2 saturated heterocycles. The highest BCUT2D eigenvalue weighted by Crippen LogP contribution is 2.18. The minimum Gasteiger partial charge on any atom is -0.489 e. The SMILES string of the molecule is O=C1NCCN1C1CCCN(CCOc2ccccc2F)C1. The normalized spacial score (nSPS) is 22.7. The molecule has 0 spiro atoms. The fourth-order valence-electron chi connectivity index (χ4n) is 3.17. The van der Waals surface area contributed by atoms with Gasteiger partial charge in [0.15, 0.2) is 11.6 Å². The number of halogens is 1. The first-order valence-corrected chi connectivity index (χ1v) is 7.88. The van der Waals surface area contributed by atoms with E-state index in [1.807, 2.05) is 4.90 Å². The van der Waals surface area contributed by atoms with Crippen molar-refractivity contribution in [3.63, 3.8) is 0 Å². The van der Waals surface area contributed by atoms with Crippen LogP contribution in [0.15, 0.2) is 24.3 Å². The van der Waals surface area contributed by atoms with Crippen molar-refractivity contribution in [2.45, 2.75) is 18.9 Å². The van der Waals surface area contributed by atoms with Gasteiger partial charge in [-0.3, -0.25) is 4.90 Å². The lowest BCUT2D eigenvalue weighted by Crippen LogP contribution is -2.49. The van der Waals surface area contributed by atoms with Gasteiger partial charge in [-0.25, -0.2) is 9.18 Å². The Morgan fingerprint density at radius 2 is 2.18 bits per heavy atom. The van der Waals surface area contributed by atoms with Gasteiger partial charge < -0.3 is 15.0 Å². The summed E-state index contributed by atoms with van der Waals surface area (Å²) in [5, 5.41) is 2.85. The number of piperidine rings is 1. The number of hydrogen-bond acceptors (Lipinski definition) is 3. The Labute approximate surface area is 130 Å². The first-order chi connectivity index (χ1) is 10.7. The number of hydrogen-bond donors (Lipinski definition) is 1. The van der Waals surface area contributed by atoms with Gasteiger partial charge in [0.1, 0.15) is 6.61 Å². The molecular formula is C16H22FN3O2. The molecule has 0 aromatic heterocycles. The fourth-order valence-corrected chi connectivity index (χ4v) is 3.17. The van der Waals surface area contributed by atoms with E-state index >= 15 is 0 Å². The summed E-state index contributed by atoms with van der Waals surface area (Å²) < 4.78 is 19.0. The van der Waals surface area contributed by atoms with Crippen LogP contribution in [0.1, 0.15) is 12.8 Å². The van der Waals surface area contributed by atoms with Crippen molar-refractivity contribution >= 4 is 6.03 Å². The summed E-state index contributed by atoms with van der Waals surface area (Å²) in [4.78, 5) is 16.0. The largest absolute Gasteiger partial charge is 0.489 e. The molecule has 1 atom stereocenters. The maximum absolute atomic E-state index is 13.5. The lowest BCUT2D eigenvalue weighted by molar-refractivity contribution is 0.113. The molecule has 1 unspecified atom stereocenters. The monoisotopic (exact) mass is 307 g/mol. The van der Waals surface area contributed by atoms with Gasteiger partial charge >= 0.3 is 6.03 Å². The van der Waals surface area contributed by atoms with Crippen LogP contribution in [0.4, 0.5) is 9.18 Å². The van der Waals surface area contributed by atoms with E-state index < -0.39 is 0 Å². The predicted molar refractivity (Wildman–Crippen MR) is 81.5 cm³/mol. The minimum atomic E-state index is -0.326. The molecule has 3 rings (SSSR count). The number of carbonyl (C=O) groups excluding carboxylic acids is 1. The Morgan fingerprint density at radius 3 is 2.95 bits per heavy atom.